The van der Waals surface area contributed by atoms with Gasteiger partial charge in [0.2, 0.25) is 0 Å². The van der Waals surface area contributed by atoms with E-state index in [1.807, 2.05) is 12.1 Å². The van der Waals surface area contributed by atoms with Crippen molar-refractivity contribution in [2.75, 3.05) is 38.0 Å². The molecule has 9 heteroatoms. The smallest absolute Gasteiger partial charge is 0.191 e. The van der Waals surface area contributed by atoms with E-state index in [1.165, 1.54) is 5.56 Å². The number of nitrogens with zero attached hydrogens (tertiary/aromatic N) is 7. The van der Waals surface area contributed by atoms with Crippen LogP contribution in [0.1, 0.15) is 19.4 Å². The maximum atomic E-state index is 5.05. The van der Waals surface area contributed by atoms with E-state index < -0.39 is 0 Å². The monoisotopic (exact) mass is 408 g/mol. The number of hydrogen-bond donors (Lipinski definition) is 1. The Morgan fingerprint density at radius 1 is 1.07 bits per heavy atom. The third kappa shape index (κ3) is 3.56. The zero-order valence-corrected chi connectivity index (χ0v) is 17.4. The molecule has 5 rings (SSSR count). The Morgan fingerprint density at radius 3 is 2.62 bits per heavy atom. The molecule has 1 saturated heterocycles. The number of nitrogens with one attached hydrogen (secondary N) is 1. The fourth-order valence-corrected chi connectivity index (χ4v) is 4.85. The van der Waals surface area contributed by atoms with E-state index >= 15 is 0 Å². The second kappa shape index (κ2) is 7.31. The van der Waals surface area contributed by atoms with E-state index in [-0.39, 0.29) is 11.6 Å². The maximum Gasteiger partial charge on any atom is 0.191 e. The molecule has 0 spiro atoms. The van der Waals surface area contributed by atoms with E-state index in [1.54, 1.807) is 11.3 Å². The van der Waals surface area contributed by atoms with E-state index in [4.69, 9.17) is 4.99 Å². The molecule has 4 heterocycles. The third-order valence-corrected chi connectivity index (χ3v) is 6.48. The Labute approximate surface area is 174 Å². The zero-order chi connectivity index (χ0) is 19.8. The molecule has 0 amide bonds. The molecule has 8 nitrogen and oxygen atoms in total. The lowest BCUT2D eigenvalue weighted by Crippen LogP contribution is -2.52. The molecule has 0 bridgehead atoms. The molecule has 0 unspecified atom stereocenters. The van der Waals surface area contributed by atoms with Crippen LogP contribution in [0.3, 0.4) is 0 Å². The molecule has 2 aromatic rings. The largest absolute Gasteiger partial charge is 0.353 e. The summed E-state index contributed by atoms with van der Waals surface area (Å²) in [6.45, 7) is 9.15. The third-order valence-electron chi connectivity index (χ3n) is 5.65. The average Bonchev–Trinajstić information content (AvgIpc) is 3.39. The van der Waals surface area contributed by atoms with Crippen molar-refractivity contribution in [2.45, 2.75) is 20.0 Å². The van der Waals surface area contributed by atoms with Crippen LogP contribution in [0, 0.1) is 5.41 Å². The number of rotatable bonds is 3. The molecule has 3 aliphatic rings. The first-order chi connectivity index (χ1) is 14.1. The SMILES string of the molecule is CC(C)(CN1CCN(C2=Nc3ccccc3Nc3sccc32)CC1)C1N=NN=N1. The topological polar surface area (TPSA) is 80.3 Å². The van der Waals surface area contributed by atoms with Crippen molar-refractivity contribution in [2.24, 2.45) is 31.1 Å². The number of fused-ring (bicyclic) bond motifs is 2. The summed E-state index contributed by atoms with van der Waals surface area (Å²) in [7, 11) is 0. The minimum Gasteiger partial charge on any atom is -0.353 e. The molecule has 0 radical (unpaired) electrons. The van der Waals surface area contributed by atoms with Gasteiger partial charge in [-0.25, -0.2) is 4.99 Å². The predicted octanol–water partition coefficient (Wildman–Crippen LogP) is 4.69. The van der Waals surface area contributed by atoms with Gasteiger partial charge in [0.25, 0.3) is 0 Å². The summed E-state index contributed by atoms with van der Waals surface area (Å²) in [5.74, 6) is 1.07. The summed E-state index contributed by atoms with van der Waals surface area (Å²) >= 11 is 1.72. The fourth-order valence-electron chi connectivity index (χ4n) is 4.05. The van der Waals surface area contributed by atoms with Crippen molar-refractivity contribution in [3.05, 3.63) is 41.3 Å². The standard InChI is InChI=1S/C20H24N8S/c1-20(2,19-23-25-26-24-19)13-27-8-10-28(11-9-27)17-14-7-12-29-18(14)22-16-6-4-3-5-15(16)21-17/h3-7,12,19,22H,8-11,13H2,1-2H3. The van der Waals surface area contributed by atoms with Gasteiger partial charge in [-0.05, 0) is 34.0 Å². The quantitative estimate of drug-likeness (QED) is 0.800. The van der Waals surface area contributed by atoms with Crippen LogP contribution in [-0.2, 0) is 0 Å². The molecule has 29 heavy (non-hydrogen) atoms. The number of thiophene rings is 1. The van der Waals surface area contributed by atoms with E-state index in [2.05, 4.69) is 73.2 Å². The molecule has 1 N–H and O–H groups in total. The lowest BCUT2D eigenvalue weighted by Gasteiger charge is -2.40. The van der Waals surface area contributed by atoms with Crippen molar-refractivity contribution >= 4 is 33.5 Å². The summed E-state index contributed by atoms with van der Waals surface area (Å²) < 4.78 is 0. The Morgan fingerprint density at radius 2 is 1.83 bits per heavy atom. The van der Waals surface area contributed by atoms with Crippen LogP contribution in [0.15, 0.2) is 61.4 Å². The number of piperazine rings is 1. The summed E-state index contributed by atoms with van der Waals surface area (Å²) in [6, 6.07) is 10.4. The Bertz CT molecular complexity index is 972. The first-order valence-electron chi connectivity index (χ1n) is 9.90. The summed E-state index contributed by atoms with van der Waals surface area (Å²) in [6.07, 6.45) is -0.178. The average molecular weight is 409 g/mol. The Balaban J connectivity index is 1.32. The Hall–Kier alpha value is -2.65. The van der Waals surface area contributed by atoms with Crippen LogP contribution >= 0.6 is 11.3 Å². The number of anilines is 2. The number of para-hydroxylation sites is 2. The number of hydrogen-bond acceptors (Lipinski definition) is 9. The van der Waals surface area contributed by atoms with Crippen LogP contribution in [0.4, 0.5) is 16.4 Å². The van der Waals surface area contributed by atoms with Crippen LogP contribution in [0.5, 0.6) is 0 Å². The normalized spacial score (nSPS) is 19.5. The maximum absolute atomic E-state index is 5.05. The van der Waals surface area contributed by atoms with Crippen molar-refractivity contribution in [3.8, 4) is 0 Å². The molecular weight excluding hydrogens is 384 g/mol. The minimum absolute atomic E-state index is 0.0884. The summed E-state index contributed by atoms with van der Waals surface area (Å²) in [5, 5.41) is 22.5. The zero-order valence-electron chi connectivity index (χ0n) is 16.6. The molecule has 3 aliphatic heterocycles. The van der Waals surface area contributed by atoms with Crippen molar-refractivity contribution < 1.29 is 0 Å². The van der Waals surface area contributed by atoms with Crippen molar-refractivity contribution in [3.63, 3.8) is 0 Å². The van der Waals surface area contributed by atoms with Crippen molar-refractivity contribution in [1.82, 2.24) is 9.80 Å². The van der Waals surface area contributed by atoms with Gasteiger partial charge >= 0.3 is 0 Å². The van der Waals surface area contributed by atoms with Crippen LogP contribution < -0.4 is 5.32 Å². The number of aliphatic imine (C=N–C) groups is 1. The van der Waals surface area contributed by atoms with Gasteiger partial charge in [-0.2, -0.15) is 0 Å². The van der Waals surface area contributed by atoms with Gasteiger partial charge in [-0.3, -0.25) is 4.90 Å². The fraction of sp³-hybridized carbons (Fsp3) is 0.450. The minimum atomic E-state index is -0.178. The van der Waals surface area contributed by atoms with Gasteiger partial charge < -0.3 is 10.2 Å². The predicted molar refractivity (Wildman–Crippen MR) is 116 cm³/mol. The second-order valence-corrected chi connectivity index (χ2v) is 9.19. The molecule has 150 valence electrons. The van der Waals surface area contributed by atoms with Crippen LogP contribution in [0.2, 0.25) is 0 Å². The van der Waals surface area contributed by atoms with Gasteiger partial charge in [0.1, 0.15) is 10.8 Å². The first kappa shape index (κ1) is 18.4. The second-order valence-electron chi connectivity index (χ2n) is 8.28. The van der Waals surface area contributed by atoms with Gasteiger partial charge in [-0.15, -0.1) is 21.6 Å². The highest BCUT2D eigenvalue weighted by molar-refractivity contribution is 7.14. The summed E-state index contributed by atoms with van der Waals surface area (Å²) in [5.41, 5.74) is 3.15. The van der Waals surface area contributed by atoms with Gasteiger partial charge in [-0.1, -0.05) is 26.0 Å². The molecular formula is C20H24N8S. The van der Waals surface area contributed by atoms with Gasteiger partial charge in [0.05, 0.1) is 16.9 Å². The lowest BCUT2D eigenvalue weighted by atomic mass is 9.89. The molecule has 0 aliphatic carbocycles. The van der Waals surface area contributed by atoms with Crippen molar-refractivity contribution in [1.29, 1.82) is 0 Å². The Kier molecular flexibility index (Phi) is 4.63. The van der Waals surface area contributed by atoms with E-state index in [9.17, 15) is 0 Å². The van der Waals surface area contributed by atoms with E-state index in [0.29, 0.717) is 0 Å². The molecule has 1 aromatic heterocycles. The highest BCUT2D eigenvalue weighted by atomic mass is 32.1. The molecule has 0 atom stereocenters. The van der Waals surface area contributed by atoms with Gasteiger partial charge in [0, 0.05) is 38.1 Å². The molecule has 1 fully saturated rings. The highest BCUT2D eigenvalue weighted by Crippen LogP contribution is 2.37. The van der Waals surface area contributed by atoms with Gasteiger partial charge in [0.15, 0.2) is 6.17 Å². The highest BCUT2D eigenvalue weighted by Gasteiger charge is 2.35. The first-order valence-corrected chi connectivity index (χ1v) is 10.8. The van der Waals surface area contributed by atoms with Crippen LogP contribution in [-0.4, -0.2) is 54.5 Å². The molecule has 0 saturated carbocycles. The van der Waals surface area contributed by atoms with E-state index in [0.717, 1.165) is 54.9 Å². The number of amidine groups is 1. The summed E-state index contributed by atoms with van der Waals surface area (Å²) in [4.78, 5) is 9.95. The van der Waals surface area contributed by atoms with Crippen LogP contribution in [0.25, 0.3) is 0 Å². The lowest BCUT2D eigenvalue weighted by molar-refractivity contribution is 0.114. The number of benzene rings is 1. The molecule has 1 aromatic carbocycles.